The summed E-state index contributed by atoms with van der Waals surface area (Å²) < 4.78 is 22.6. The van der Waals surface area contributed by atoms with Gasteiger partial charge in [-0.15, -0.1) is 0 Å². The van der Waals surface area contributed by atoms with Gasteiger partial charge in [0.1, 0.15) is 0 Å². The Balaban J connectivity index is 1.47. The summed E-state index contributed by atoms with van der Waals surface area (Å²) in [4.78, 5) is 7.28. The predicted molar refractivity (Wildman–Crippen MR) is 127 cm³/mol. The van der Waals surface area contributed by atoms with Crippen molar-refractivity contribution in [1.29, 1.82) is 0 Å². The van der Waals surface area contributed by atoms with E-state index in [9.17, 15) is 0 Å². The van der Waals surface area contributed by atoms with Gasteiger partial charge in [-0.25, -0.2) is 4.99 Å². The molecule has 1 aromatic carbocycles. The summed E-state index contributed by atoms with van der Waals surface area (Å²) in [5, 5.41) is 3.46. The Morgan fingerprint density at radius 1 is 1.06 bits per heavy atom. The Morgan fingerprint density at radius 2 is 1.81 bits per heavy atom. The van der Waals surface area contributed by atoms with Crippen molar-refractivity contribution in [1.82, 2.24) is 10.2 Å². The summed E-state index contributed by atoms with van der Waals surface area (Å²) in [6, 6.07) is 8.60. The number of likely N-dealkylation sites (tertiary alicyclic amines) is 1. The number of methoxy groups -OCH3 is 1. The zero-order chi connectivity index (χ0) is 22.4. The smallest absolute Gasteiger partial charge is 0.194 e. The number of nitrogens with one attached hydrogen (secondary N) is 1. The first-order valence-corrected chi connectivity index (χ1v) is 12.2. The fourth-order valence-corrected chi connectivity index (χ4v) is 4.15. The molecule has 0 bridgehead atoms. The number of ether oxygens (including phenoxy) is 4. The van der Waals surface area contributed by atoms with E-state index in [0.717, 1.165) is 84.1 Å². The Morgan fingerprint density at radius 3 is 2.56 bits per heavy atom. The van der Waals surface area contributed by atoms with Gasteiger partial charge in [0.15, 0.2) is 5.96 Å². The first-order chi connectivity index (χ1) is 15.8. The second-order valence-electron chi connectivity index (χ2n) is 8.52. The molecule has 32 heavy (non-hydrogen) atoms. The number of aliphatic imine (C=N–C) groups is 1. The minimum Gasteiger partial charge on any atom is -0.385 e. The minimum atomic E-state index is 0.317. The summed E-state index contributed by atoms with van der Waals surface area (Å²) in [5.41, 5.74) is 2.42. The molecule has 7 heteroatoms. The molecular weight excluding hydrogens is 406 g/mol. The Bertz CT molecular complexity index is 671. The number of nitrogens with zero attached hydrogens (tertiary/aromatic N) is 2. The van der Waals surface area contributed by atoms with Gasteiger partial charge in [-0.05, 0) is 50.2 Å². The lowest BCUT2D eigenvalue weighted by molar-refractivity contribution is -0.0390. The number of benzene rings is 1. The third-order valence-electron chi connectivity index (χ3n) is 5.98. The molecule has 0 amide bonds. The fourth-order valence-electron chi connectivity index (χ4n) is 4.15. The van der Waals surface area contributed by atoms with Crippen molar-refractivity contribution in [2.75, 3.05) is 53.2 Å². The van der Waals surface area contributed by atoms with Gasteiger partial charge in [0.05, 0.1) is 25.4 Å². The zero-order valence-corrected chi connectivity index (χ0v) is 19.9. The molecule has 0 aliphatic carbocycles. The van der Waals surface area contributed by atoms with Crippen LogP contribution in [0, 0.1) is 0 Å². The van der Waals surface area contributed by atoms with Crippen LogP contribution in [-0.4, -0.2) is 76.2 Å². The van der Waals surface area contributed by atoms with Gasteiger partial charge in [0.25, 0.3) is 0 Å². The maximum absolute atomic E-state index is 6.08. The molecule has 2 heterocycles. The molecule has 3 rings (SSSR count). The first-order valence-electron chi connectivity index (χ1n) is 12.2. The summed E-state index contributed by atoms with van der Waals surface area (Å²) in [6.45, 7) is 9.41. The van der Waals surface area contributed by atoms with Crippen molar-refractivity contribution in [3.63, 3.8) is 0 Å². The monoisotopic (exact) mass is 447 g/mol. The van der Waals surface area contributed by atoms with E-state index in [0.29, 0.717) is 25.4 Å². The SMILES string of the molecule is CCNC(=NCc1cccc(COC2CCOCC2)c1)N1CCC(OCCCOC)CC1. The standard InChI is InChI=1S/C25H41N3O4/c1-3-26-25(28-12-8-23(9-13-28)31-15-5-14-29-2)27-19-21-6-4-7-22(18-21)20-32-24-10-16-30-17-11-24/h4,6-7,18,23-24H,3,5,8-17,19-20H2,1-2H3,(H,26,27). The van der Waals surface area contributed by atoms with Crippen LogP contribution in [0.1, 0.15) is 50.2 Å². The molecule has 2 saturated heterocycles. The summed E-state index contributed by atoms with van der Waals surface area (Å²) >= 11 is 0. The highest BCUT2D eigenvalue weighted by atomic mass is 16.5. The summed E-state index contributed by atoms with van der Waals surface area (Å²) in [6.07, 6.45) is 5.68. The lowest BCUT2D eigenvalue weighted by Crippen LogP contribution is -2.47. The fraction of sp³-hybridized carbons (Fsp3) is 0.720. The van der Waals surface area contributed by atoms with E-state index in [1.165, 1.54) is 11.1 Å². The second-order valence-corrected chi connectivity index (χ2v) is 8.52. The number of hydrogen-bond donors (Lipinski definition) is 1. The lowest BCUT2D eigenvalue weighted by Gasteiger charge is -2.34. The number of rotatable bonds is 11. The van der Waals surface area contributed by atoms with E-state index in [-0.39, 0.29) is 0 Å². The number of piperidine rings is 1. The average molecular weight is 448 g/mol. The van der Waals surface area contributed by atoms with Crippen molar-refractivity contribution >= 4 is 5.96 Å². The maximum atomic E-state index is 6.08. The molecule has 7 nitrogen and oxygen atoms in total. The van der Waals surface area contributed by atoms with E-state index in [1.54, 1.807) is 7.11 Å². The van der Waals surface area contributed by atoms with Crippen molar-refractivity contribution in [3.8, 4) is 0 Å². The van der Waals surface area contributed by atoms with E-state index < -0.39 is 0 Å². The maximum Gasteiger partial charge on any atom is 0.194 e. The number of hydrogen-bond acceptors (Lipinski definition) is 5. The Kier molecular flexibility index (Phi) is 11.3. The molecule has 0 saturated carbocycles. The predicted octanol–water partition coefficient (Wildman–Crippen LogP) is 3.37. The van der Waals surface area contributed by atoms with Crippen LogP contribution < -0.4 is 5.32 Å². The molecule has 2 fully saturated rings. The van der Waals surface area contributed by atoms with Crippen LogP contribution in [0.3, 0.4) is 0 Å². The van der Waals surface area contributed by atoms with Gasteiger partial charge < -0.3 is 29.2 Å². The molecule has 0 radical (unpaired) electrons. The van der Waals surface area contributed by atoms with Crippen LogP contribution in [0.5, 0.6) is 0 Å². The van der Waals surface area contributed by atoms with E-state index in [1.807, 2.05) is 0 Å². The molecule has 0 unspecified atom stereocenters. The first kappa shape index (κ1) is 25.0. The van der Waals surface area contributed by atoms with Gasteiger partial charge in [0.2, 0.25) is 0 Å². The summed E-state index contributed by atoms with van der Waals surface area (Å²) in [7, 11) is 1.73. The third kappa shape index (κ3) is 8.70. The molecule has 2 aliphatic rings. The van der Waals surface area contributed by atoms with Crippen LogP contribution in [0.4, 0.5) is 0 Å². The third-order valence-corrected chi connectivity index (χ3v) is 5.98. The molecule has 1 N–H and O–H groups in total. The lowest BCUT2D eigenvalue weighted by atomic mass is 10.1. The van der Waals surface area contributed by atoms with Gasteiger partial charge >= 0.3 is 0 Å². The van der Waals surface area contributed by atoms with Gasteiger partial charge in [-0.2, -0.15) is 0 Å². The highest BCUT2D eigenvalue weighted by Gasteiger charge is 2.22. The van der Waals surface area contributed by atoms with Crippen LogP contribution in [0.15, 0.2) is 29.3 Å². The second kappa shape index (κ2) is 14.5. The topological polar surface area (TPSA) is 64.6 Å². The molecule has 0 atom stereocenters. The highest BCUT2D eigenvalue weighted by Crippen LogP contribution is 2.16. The largest absolute Gasteiger partial charge is 0.385 e. The van der Waals surface area contributed by atoms with Crippen LogP contribution in [0.25, 0.3) is 0 Å². The minimum absolute atomic E-state index is 0.317. The Hall–Kier alpha value is -1.67. The van der Waals surface area contributed by atoms with Crippen molar-refractivity contribution in [3.05, 3.63) is 35.4 Å². The van der Waals surface area contributed by atoms with E-state index >= 15 is 0 Å². The average Bonchev–Trinajstić information content (AvgIpc) is 2.84. The molecule has 180 valence electrons. The van der Waals surface area contributed by atoms with E-state index in [2.05, 4.69) is 41.4 Å². The molecular formula is C25H41N3O4. The molecule has 2 aliphatic heterocycles. The summed E-state index contributed by atoms with van der Waals surface area (Å²) in [5.74, 6) is 0.995. The quantitative estimate of drug-likeness (QED) is 0.319. The molecule has 1 aromatic rings. The molecule has 0 aromatic heterocycles. The van der Waals surface area contributed by atoms with Gasteiger partial charge in [-0.3, -0.25) is 0 Å². The van der Waals surface area contributed by atoms with Gasteiger partial charge in [0, 0.05) is 53.2 Å². The molecule has 0 spiro atoms. The normalized spacial score (nSPS) is 18.8. The van der Waals surface area contributed by atoms with Crippen LogP contribution >= 0.6 is 0 Å². The highest BCUT2D eigenvalue weighted by molar-refractivity contribution is 5.80. The van der Waals surface area contributed by atoms with E-state index in [4.69, 9.17) is 23.9 Å². The van der Waals surface area contributed by atoms with Crippen molar-refractivity contribution < 1.29 is 18.9 Å². The zero-order valence-electron chi connectivity index (χ0n) is 19.9. The van der Waals surface area contributed by atoms with Crippen LogP contribution in [0.2, 0.25) is 0 Å². The van der Waals surface area contributed by atoms with Crippen molar-refractivity contribution in [2.45, 2.75) is 64.4 Å². The van der Waals surface area contributed by atoms with Gasteiger partial charge in [-0.1, -0.05) is 24.3 Å². The number of guanidine groups is 1. The van der Waals surface area contributed by atoms with Crippen LogP contribution in [-0.2, 0) is 32.1 Å². The van der Waals surface area contributed by atoms with Crippen molar-refractivity contribution in [2.24, 2.45) is 4.99 Å². The Labute approximate surface area is 193 Å².